The fraction of sp³-hybridized carbons (Fsp3) is 1.00. The van der Waals surface area contributed by atoms with E-state index in [0.717, 1.165) is 45.5 Å². The lowest BCUT2D eigenvalue weighted by Gasteiger charge is -2.38. The molecule has 3 atom stereocenters. The second-order valence-corrected chi connectivity index (χ2v) is 4.56. The molecular formula is C11H20O3. The van der Waals surface area contributed by atoms with Gasteiger partial charge in [-0.15, -0.1) is 0 Å². The molecule has 2 fully saturated rings. The second-order valence-electron chi connectivity index (χ2n) is 4.56. The molecule has 2 saturated heterocycles. The highest BCUT2D eigenvalue weighted by molar-refractivity contribution is 4.91. The third-order valence-corrected chi connectivity index (χ3v) is 3.56. The lowest BCUT2D eigenvalue weighted by molar-refractivity contribution is -0.116. The average Bonchev–Trinajstić information content (AvgIpc) is 2.65. The molecule has 1 spiro atoms. The fourth-order valence-corrected chi connectivity index (χ4v) is 2.59. The molecule has 0 aliphatic carbocycles. The molecule has 3 heteroatoms. The number of ether oxygens (including phenoxy) is 2. The maximum Gasteiger partial charge on any atom is 0.0940 e. The predicted octanol–water partition coefficient (Wildman–Crippen LogP) is 1.34. The topological polar surface area (TPSA) is 38.7 Å². The lowest BCUT2D eigenvalue weighted by Crippen LogP contribution is -2.43. The molecule has 0 saturated carbocycles. The van der Waals surface area contributed by atoms with Gasteiger partial charge in [0.05, 0.1) is 18.3 Å². The molecule has 2 heterocycles. The molecule has 0 bridgehead atoms. The standard InChI is InChI=1S/C11H20O3/c1-2-10(12)9-3-5-14-11(7-9)4-6-13-8-11/h9-10,12H,2-8H2,1H3. The number of hydrogen-bond acceptors (Lipinski definition) is 3. The molecule has 2 rings (SSSR count). The Hall–Kier alpha value is -0.120. The van der Waals surface area contributed by atoms with Crippen LogP contribution in [-0.2, 0) is 9.47 Å². The molecule has 0 radical (unpaired) electrons. The summed E-state index contributed by atoms with van der Waals surface area (Å²) in [5.41, 5.74) is -0.0565. The van der Waals surface area contributed by atoms with Crippen molar-refractivity contribution in [3.63, 3.8) is 0 Å². The van der Waals surface area contributed by atoms with Gasteiger partial charge in [0.15, 0.2) is 0 Å². The minimum Gasteiger partial charge on any atom is -0.393 e. The zero-order valence-electron chi connectivity index (χ0n) is 8.87. The van der Waals surface area contributed by atoms with Crippen LogP contribution in [0.25, 0.3) is 0 Å². The van der Waals surface area contributed by atoms with Crippen LogP contribution in [0.3, 0.4) is 0 Å². The molecule has 0 amide bonds. The maximum absolute atomic E-state index is 9.83. The van der Waals surface area contributed by atoms with Crippen LogP contribution in [-0.4, -0.2) is 36.6 Å². The van der Waals surface area contributed by atoms with E-state index in [1.54, 1.807) is 0 Å². The van der Waals surface area contributed by atoms with Crippen LogP contribution in [0.2, 0.25) is 0 Å². The summed E-state index contributed by atoms with van der Waals surface area (Å²) >= 11 is 0. The van der Waals surface area contributed by atoms with E-state index >= 15 is 0 Å². The van der Waals surface area contributed by atoms with Crippen molar-refractivity contribution in [1.82, 2.24) is 0 Å². The zero-order valence-corrected chi connectivity index (χ0v) is 8.87. The molecule has 1 N–H and O–H groups in total. The highest BCUT2D eigenvalue weighted by Crippen LogP contribution is 2.37. The van der Waals surface area contributed by atoms with Crippen molar-refractivity contribution < 1.29 is 14.6 Å². The molecule has 82 valence electrons. The molecule has 14 heavy (non-hydrogen) atoms. The second kappa shape index (κ2) is 4.17. The third-order valence-electron chi connectivity index (χ3n) is 3.56. The zero-order chi connectivity index (χ0) is 10.0. The van der Waals surface area contributed by atoms with Crippen LogP contribution in [0, 0.1) is 5.92 Å². The van der Waals surface area contributed by atoms with Crippen LogP contribution in [0.4, 0.5) is 0 Å². The summed E-state index contributed by atoms with van der Waals surface area (Å²) in [6, 6.07) is 0. The first kappa shape index (κ1) is 10.4. The van der Waals surface area contributed by atoms with Crippen molar-refractivity contribution >= 4 is 0 Å². The summed E-state index contributed by atoms with van der Waals surface area (Å²) in [6.07, 6.45) is 3.66. The maximum atomic E-state index is 9.83. The SMILES string of the molecule is CCC(O)C1CCOC2(CCOC2)C1. The van der Waals surface area contributed by atoms with Crippen LogP contribution in [0.15, 0.2) is 0 Å². The van der Waals surface area contributed by atoms with Gasteiger partial charge in [0.25, 0.3) is 0 Å². The van der Waals surface area contributed by atoms with Gasteiger partial charge in [-0.25, -0.2) is 0 Å². The first-order valence-electron chi connectivity index (χ1n) is 5.65. The first-order chi connectivity index (χ1) is 6.76. The van der Waals surface area contributed by atoms with E-state index in [9.17, 15) is 5.11 Å². The Balaban J connectivity index is 1.96. The number of rotatable bonds is 2. The van der Waals surface area contributed by atoms with Gasteiger partial charge in [-0.05, 0) is 25.2 Å². The van der Waals surface area contributed by atoms with Crippen LogP contribution in [0.1, 0.15) is 32.6 Å². The Bertz CT molecular complexity index is 187. The van der Waals surface area contributed by atoms with Gasteiger partial charge in [-0.3, -0.25) is 0 Å². The van der Waals surface area contributed by atoms with Crippen molar-refractivity contribution in [2.24, 2.45) is 5.92 Å². The van der Waals surface area contributed by atoms with E-state index in [4.69, 9.17) is 9.47 Å². The molecule has 0 aromatic rings. The highest BCUT2D eigenvalue weighted by Gasteiger charge is 2.42. The highest BCUT2D eigenvalue weighted by atomic mass is 16.6. The Labute approximate surface area is 85.4 Å². The van der Waals surface area contributed by atoms with E-state index in [0.29, 0.717) is 5.92 Å². The first-order valence-corrected chi connectivity index (χ1v) is 5.65. The van der Waals surface area contributed by atoms with E-state index < -0.39 is 0 Å². The Morgan fingerprint density at radius 1 is 1.50 bits per heavy atom. The summed E-state index contributed by atoms with van der Waals surface area (Å²) in [4.78, 5) is 0. The number of aliphatic hydroxyl groups excluding tert-OH is 1. The monoisotopic (exact) mass is 200 g/mol. The van der Waals surface area contributed by atoms with E-state index in [2.05, 4.69) is 0 Å². The van der Waals surface area contributed by atoms with Crippen molar-refractivity contribution in [2.45, 2.75) is 44.3 Å². The molecule has 3 nitrogen and oxygen atoms in total. The molecule has 2 aliphatic heterocycles. The summed E-state index contributed by atoms with van der Waals surface area (Å²) in [6.45, 7) is 4.36. The molecule has 3 unspecified atom stereocenters. The third kappa shape index (κ3) is 1.95. The Morgan fingerprint density at radius 2 is 2.36 bits per heavy atom. The smallest absolute Gasteiger partial charge is 0.0940 e. The number of hydrogen-bond donors (Lipinski definition) is 1. The van der Waals surface area contributed by atoms with Crippen molar-refractivity contribution in [3.8, 4) is 0 Å². The van der Waals surface area contributed by atoms with Gasteiger partial charge in [-0.1, -0.05) is 6.92 Å². The Morgan fingerprint density at radius 3 is 3.00 bits per heavy atom. The van der Waals surface area contributed by atoms with Crippen LogP contribution in [0.5, 0.6) is 0 Å². The average molecular weight is 200 g/mol. The van der Waals surface area contributed by atoms with Crippen LogP contribution < -0.4 is 0 Å². The van der Waals surface area contributed by atoms with E-state index in [-0.39, 0.29) is 11.7 Å². The van der Waals surface area contributed by atoms with Crippen molar-refractivity contribution in [3.05, 3.63) is 0 Å². The summed E-state index contributed by atoms with van der Waals surface area (Å²) in [7, 11) is 0. The molecular weight excluding hydrogens is 180 g/mol. The van der Waals surface area contributed by atoms with Crippen molar-refractivity contribution in [1.29, 1.82) is 0 Å². The van der Waals surface area contributed by atoms with E-state index in [1.807, 2.05) is 6.92 Å². The van der Waals surface area contributed by atoms with Gasteiger partial charge >= 0.3 is 0 Å². The van der Waals surface area contributed by atoms with Crippen LogP contribution >= 0.6 is 0 Å². The summed E-state index contributed by atoms with van der Waals surface area (Å²) in [5.74, 6) is 0.412. The molecule has 2 aliphatic rings. The minimum absolute atomic E-state index is 0.0565. The van der Waals surface area contributed by atoms with Gasteiger partial charge in [0.1, 0.15) is 0 Å². The molecule has 0 aromatic carbocycles. The van der Waals surface area contributed by atoms with Gasteiger partial charge in [0, 0.05) is 19.6 Å². The fourth-order valence-electron chi connectivity index (χ4n) is 2.59. The summed E-state index contributed by atoms with van der Waals surface area (Å²) in [5, 5.41) is 9.83. The predicted molar refractivity (Wildman–Crippen MR) is 53.1 cm³/mol. The van der Waals surface area contributed by atoms with E-state index in [1.165, 1.54) is 0 Å². The minimum atomic E-state index is -0.156. The van der Waals surface area contributed by atoms with Gasteiger partial charge in [-0.2, -0.15) is 0 Å². The lowest BCUT2D eigenvalue weighted by atomic mass is 9.81. The summed E-state index contributed by atoms with van der Waals surface area (Å²) < 4.78 is 11.2. The quantitative estimate of drug-likeness (QED) is 0.731. The number of aliphatic hydroxyl groups is 1. The largest absolute Gasteiger partial charge is 0.393 e. The van der Waals surface area contributed by atoms with Gasteiger partial charge < -0.3 is 14.6 Å². The molecule has 0 aromatic heterocycles. The Kier molecular flexibility index (Phi) is 3.10. The van der Waals surface area contributed by atoms with Crippen molar-refractivity contribution in [2.75, 3.05) is 19.8 Å². The normalized spacial score (nSPS) is 40.3. The van der Waals surface area contributed by atoms with Gasteiger partial charge in [0.2, 0.25) is 0 Å².